The van der Waals surface area contributed by atoms with E-state index in [1.54, 1.807) is 18.2 Å². The summed E-state index contributed by atoms with van der Waals surface area (Å²) >= 11 is 0. The van der Waals surface area contributed by atoms with Crippen LogP contribution in [-0.4, -0.2) is 36.6 Å². The molecule has 0 spiro atoms. The molecule has 2 aromatic carbocycles. The third kappa shape index (κ3) is 4.30. The summed E-state index contributed by atoms with van der Waals surface area (Å²) in [7, 11) is 3.06. The summed E-state index contributed by atoms with van der Waals surface area (Å²) < 4.78 is 10.4. The zero-order valence-electron chi connectivity index (χ0n) is 17.7. The van der Waals surface area contributed by atoms with Gasteiger partial charge in [-0.25, -0.2) is 5.43 Å². The van der Waals surface area contributed by atoms with E-state index >= 15 is 0 Å². The van der Waals surface area contributed by atoms with Crippen molar-refractivity contribution in [3.8, 4) is 11.5 Å². The fourth-order valence-corrected chi connectivity index (χ4v) is 3.95. The van der Waals surface area contributed by atoms with Crippen LogP contribution in [0, 0.1) is 0 Å². The number of carbonyl (C=O) groups excluding carboxylic acids is 2. The summed E-state index contributed by atoms with van der Waals surface area (Å²) in [4.78, 5) is 28.3. The van der Waals surface area contributed by atoms with Crippen LogP contribution in [0.5, 0.6) is 11.5 Å². The molecule has 0 saturated heterocycles. The topological polar surface area (TPSA) is 92.8 Å². The van der Waals surface area contributed by atoms with Crippen LogP contribution < -0.4 is 14.9 Å². The monoisotopic (exact) mass is 419 g/mol. The number of hydrogen-bond donors (Lipinski definition) is 2. The number of para-hydroxylation sites is 1. The Morgan fingerprint density at radius 1 is 1.03 bits per heavy atom. The first-order valence-corrected chi connectivity index (χ1v) is 10.3. The molecule has 7 heteroatoms. The van der Waals surface area contributed by atoms with Crippen molar-refractivity contribution >= 4 is 28.3 Å². The van der Waals surface area contributed by atoms with E-state index in [4.69, 9.17) is 9.47 Å². The summed E-state index contributed by atoms with van der Waals surface area (Å²) in [6.07, 6.45) is 2.90. The maximum Gasteiger partial charge on any atom is 0.240 e. The van der Waals surface area contributed by atoms with Crippen LogP contribution in [0.1, 0.15) is 47.3 Å². The van der Waals surface area contributed by atoms with Crippen LogP contribution in [0.15, 0.2) is 47.6 Å². The van der Waals surface area contributed by atoms with Gasteiger partial charge in [-0.15, -0.1) is 0 Å². The molecule has 0 bridgehead atoms. The van der Waals surface area contributed by atoms with Crippen molar-refractivity contribution in [1.29, 1.82) is 0 Å². The number of aryl methyl sites for hydroxylation is 1. The van der Waals surface area contributed by atoms with Gasteiger partial charge < -0.3 is 14.5 Å². The van der Waals surface area contributed by atoms with Crippen LogP contribution >= 0.6 is 0 Å². The minimum Gasteiger partial charge on any atom is -0.493 e. The Kier molecular flexibility index (Phi) is 6.02. The number of methoxy groups -OCH3 is 2. The predicted octanol–water partition coefficient (Wildman–Crippen LogP) is 4.00. The minimum atomic E-state index is -0.284. The quantitative estimate of drug-likeness (QED) is 0.447. The summed E-state index contributed by atoms with van der Waals surface area (Å²) in [6.45, 7) is 0. The Morgan fingerprint density at radius 2 is 1.84 bits per heavy atom. The summed E-state index contributed by atoms with van der Waals surface area (Å²) in [6, 6.07) is 13.1. The van der Waals surface area contributed by atoms with Crippen LogP contribution in [-0.2, 0) is 11.2 Å². The van der Waals surface area contributed by atoms with Crippen molar-refractivity contribution in [2.45, 2.75) is 32.1 Å². The van der Waals surface area contributed by atoms with Crippen LogP contribution in [0.2, 0.25) is 0 Å². The zero-order chi connectivity index (χ0) is 21.8. The van der Waals surface area contributed by atoms with E-state index in [1.165, 1.54) is 14.2 Å². The number of rotatable bonds is 7. The van der Waals surface area contributed by atoms with Crippen molar-refractivity contribution in [2.75, 3.05) is 14.2 Å². The molecule has 1 amide bonds. The van der Waals surface area contributed by atoms with Crippen molar-refractivity contribution in [3.05, 3.63) is 59.3 Å². The average molecular weight is 419 g/mol. The fraction of sp³-hybridized carbons (Fsp3) is 0.292. The molecule has 7 nitrogen and oxygen atoms in total. The number of benzene rings is 2. The molecule has 31 heavy (non-hydrogen) atoms. The van der Waals surface area contributed by atoms with Gasteiger partial charge in [-0.05, 0) is 43.5 Å². The van der Waals surface area contributed by atoms with Gasteiger partial charge in [0.25, 0.3) is 0 Å². The number of Topliss-reactive ketones (excluding diaryl/α,β-unsaturated/α-hetero) is 1. The Hall–Kier alpha value is -3.61. The molecule has 0 fully saturated rings. The van der Waals surface area contributed by atoms with Crippen molar-refractivity contribution < 1.29 is 19.1 Å². The SMILES string of the molecule is COc1ccc(C(=O)CCC(=O)N/N=C2\CCCc3[nH]c4ccccc4c32)cc1OC. The number of aromatic nitrogens is 1. The number of H-pyrrole nitrogens is 1. The number of fused-ring (bicyclic) bond motifs is 3. The number of amides is 1. The minimum absolute atomic E-state index is 0.0602. The first-order chi connectivity index (χ1) is 15.1. The predicted molar refractivity (Wildman–Crippen MR) is 119 cm³/mol. The van der Waals surface area contributed by atoms with Gasteiger partial charge in [-0.1, -0.05) is 18.2 Å². The molecule has 1 aliphatic carbocycles. The van der Waals surface area contributed by atoms with Gasteiger partial charge in [0.05, 0.1) is 19.9 Å². The number of carbonyl (C=O) groups is 2. The molecule has 1 heterocycles. The lowest BCUT2D eigenvalue weighted by molar-refractivity contribution is -0.121. The summed E-state index contributed by atoms with van der Waals surface area (Å²) in [5, 5.41) is 5.52. The molecule has 0 aliphatic heterocycles. The molecule has 4 rings (SSSR count). The molecule has 1 aromatic heterocycles. The van der Waals surface area contributed by atoms with E-state index in [1.807, 2.05) is 18.2 Å². The third-order valence-corrected chi connectivity index (χ3v) is 5.51. The lowest BCUT2D eigenvalue weighted by atomic mass is 9.94. The number of hydrogen-bond acceptors (Lipinski definition) is 5. The van der Waals surface area contributed by atoms with E-state index in [-0.39, 0.29) is 24.5 Å². The highest BCUT2D eigenvalue weighted by Crippen LogP contribution is 2.30. The van der Waals surface area contributed by atoms with Gasteiger partial charge in [0.1, 0.15) is 0 Å². The molecular formula is C24H25N3O4. The van der Waals surface area contributed by atoms with Crippen LogP contribution in [0.4, 0.5) is 0 Å². The van der Waals surface area contributed by atoms with Crippen LogP contribution in [0.3, 0.4) is 0 Å². The van der Waals surface area contributed by atoms with E-state index in [0.717, 1.165) is 47.1 Å². The second kappa shape index (κ2) is 9.04. The Morgan fingerprint density at radius 3 is 2.65 bits per heavy atom. The van der Waals surface area contributed by atoms with E-state index in [0.29, 0.717) is 17.1 Å². The summed E-state index contributed by atoms with van der Waals surface area (Å²) in [5.74, 6) is 0.612. The summed E-state index contributed by atoms with van der Waals surface area (Å²) in [5.41, 5.74) is 7.31. The Labute approximate surface area is 180 Å². The van der Waals surface area contributed by atoms with E-state index < -0.39 is 0 Å². The maximum atomic E-state index is 12.5. The molecule has 0 atom stereocenters. The standard InChI is InChI=1S/C24H25N3O4/c1-30-21-12-10-15(14-22(21)31-2)20(28)11-13-23(29)27-26-19-9-5-8-18-24(19)16-6-3-4-7-17(16)25-18/h3-4,6-7,10,12,14,25H,5,8-9,11,13H2,1-2H3,(H,27,29)/b26-19+. The van der Waals surface area contributed by atoms with Gasteiger partial charge in [-0.2, -0.15) is 5.10 Å². The highest BCUT2D eigenvalue weighted by Gasteiger charge is 2.21. The molecule has 0 unspecified atom stereocenters. The van der Waals surface area contributed by atoms with Gasteiger partial charge in [0, 0.05) is 40.6 Å². The third-order valence-electron chi connectivity index (χ3n) is 5.51. The number of ether oxygens (including phenoxy) is 2. The van der Waals surface area contributed by atoms with Crippen LogP contribution in [0.25, 0.3) is 10.9 Å². The van der Waals surface area contributed by atoms with Crippen molar-refractivity contribution in [2.24, 2.45) is 5.10 Å². The fourth-order valence-electron chi connectivity index (χ4n) is 3.95. The van der Waals surface area contributed by atoms with Gasteiger partial charge >= 0.3 is 0 Å². The Bertz CT molecular complexity index is 1160. The first-order valence-electron chi connectivity index (χ1n) is 10.3. The first kappa shape index (κ1) is 20.7. The normalized spacial score (nSPS) is 14.3. The Balaban J connectivity index is 1.40. The second-order valence-corrected chi connectivity index (χ2v) is 7.46. The molecular weight excluding hydrogens is 394 g/mol. The van der Waals surface area contributed by atoms with Crippen molar-refractivity contribution in [3.63, 3.8) is 0 Å². The number of hydrazone groups is 1. The highest BCUT2D eigenvalue weighted by molar-refractivity contribution is 6.13. The molecule has 0 saturated carbocycles. The maximum absolute atomic E-state index is 12.5. The van der Waals surface area contributed by atoms with Gasteiger partial charge in [0.2, 0.25) is 5.91 Å². The van der Waals surface area contributed by atoms with Crippen molar-refractivity contribution in [1.82, 2.24) is 10.4 Å². The van der Waals surface area contributed by atoms with Gasteiger partial charge in [0.15, 0.2) is 17.3 Å². The molecule has 160 valence electrons. The highest BCUT2D eigenvalue weighted by atomic mass is 16.5. The number of ketones is 1. The average Bonchev–Trinajstić information content (AvgIpc) is 3.20. The lowest BCUT2D eigenvalue weighted by Gasteiger charge is -2.14. The number of nitrogens with one attached hydrogen (secondary N) is 2. The zero-order valence-corrected chi connectivity index (χ0v) is 17.7. The van der Waals surface area contributed by atoms with Gasteiger partial charge in [-0.3, -0.25) is 9.59 Å². The van der Waals surface area contributed by atoms with E-state index in [2.05, 4.69) is 21.6 Å². The largest absolute Gasteiger partial charge is 0.493 e. The van der Waals surface area contributed by atoms with E-state index in [9.17, 15) is 9.59 Å². The lowest BCUT2D eigenvalue weighted by Crippen LogP contribution is -2.22. The molecule has 3 aromatic rings. The number of nitrogens with zero attached hydrogens (tertiary/aromatic N) is 1. The smallest absolute Gasteiger partial charge is 0.240 e. The molecule has 1 aliphatic rings. The number of aromatic amines is 1. The molecule has 0 radical (unpaired) electrons. The molecule has 2 N–H and O–H groups in total. The second-order valence-electron chi connectivity index (χ2n) is 7.46.